The van der Waals surface area contributed by atoms with E-state index in [9.17, 15) is 4.79 Å². The van der Waals surface area contributed by atoms with Crippen LogP contribution in [-0.2, 0) is 16.0 Å². The fraction of sp³-hybridized carbons (Fsp3) is 0.281. The Labute approximate surface area is 214 Å². The molecule has 0 aliphatic rings. The van der Waals surface area contributed by atoms with E-state index < -0.39 is 5.60 Å². The third-order valence-corrected chi connectivity index (χ3v) is 6.43. The first-order chi connectivity index (χ1) is 17.1. The quantitative estimate of drug-likeness (QED) is 0.199. The van der Waals surface area contributed by atoms with Gasteiger partial charge < -0.3 is 14.0 Å². The van der Waals surface area contributed by atoms with Crippen LogP contribution in [0.25, 0.3) is 27.8 Å². The Morgan fingerprint density at radius 1 is 0.972 bits per heavy atom. The summed E-state index contributed by atoms with van der Waals surface area (Å²) < 4.78 is 13.6. The standard InChI is InChI=1S/C32H35NO3/c1-8-35-23(4)26-17-18-30-29(19-26)21(2)22(3)33(30)20-24-13-15-25(16-14-24)27-11-9-10-12-28(27)31(34)36-32(5,6)7/h9-19H,4,8,20H2,1-3,5-7H3. The topological polar surface area (TPSA) is 40.5 Å². The molecule has 0 aliphatic carbocycles. The first-order valence-corrected chi connectivity index (χ1v) is 12.4. The van der Waals surface area contributed by atoms with Crippen molar-refractivity contribution in [3.63, 3.8) is 0 Å². The summed E-state index contributed by atoms with van der Waals surface area (Å²) >= 11 is 0. The van der Waals surface area contributed by atoms with E-state index >= 15 is 0 Å². The summed E-state index contributed by atoms with van der Waals surface area (Å²) in [5, 5.41) is 1.22. The van der Waals surface area contributed by atoms with Crippen LogP contribution in [0.15, 0.2) is 73.3 Å². The number of carbonyl (C=O) groups excluding carboxylic acids is 1. The zero-order valence-corrected chi connectivity index (χ0v) is 22.1. The van der Waals surface area contributed by atoms with Crippen molar-refractivity contribution in [2.75, 3.05) is 6.61 Å². The molecule has 1 aromatic heterocycles. The van der Waals surface area contributed by atoms with Gasteiger partial charge in [0.25, 0.3) is 0 Å². The molecule has 0 amide bonds. The lowest BCUT2D eigenvalue weighted by Crippen LogP contribution is -2.24. The van der Waals surface area contributed by atoms with Crippen LogP contribution in [0.5, 0.6) is 0 Å². The van der Waals surface area contributed by atoms with Gasteiger partial charge in [-0.05, 0) is 88.1 Å². The fourth-order valence-corrected chi connectivity index (χ4v) is 4.50. The molecule has 0 aliphatic heterocycles. The molecule has 0 N–H and O–H groups in total. The molecule has 0 saturated heterocycles. The van der Waals surface area contributed by atoms with Gasteiger partial charge in [-0.1, -0.05) is 49.0 Å². The maximum atomic E-state index is 12.8. The highest BCUT2D eigenvalue weighted by molar-refractivity contribution is 5.97. The van der Waals surface area contributed by atoms with Crippen LogP contribution in [0.2, 0.25) is 0 Å². The van der Waals surface area contributed by atoms with Gasteiger partial charge in [-0.3, -0.25) is 0 Å². The molecule has 4 rings (SSSR count). The van der Waals surface area contributed by atoms with Gasteiger partial charge >= 0.3 is 5.97 Å². The number of benzene rings is 3. The van der Waals surface area contributed by atoms with Crippen LogP contribution >= 0.6 is 0 Å². The van der Waals surface area contributed by atoms with Gasteiger partial charge in [0.1, 0.15) is 11.4 Å². The number of aromatic nitrogens is 1. The fourth-order valence-electron chi connectivity index (χ4n) is 4.50. The van der Waals surface area contributed by atoms with E-state index in [1.54, 1.807) is 0 Å². The highest BCUT2D eigenvalue weighted by atomic mass is 16.6. The molecule has 3 aromatic carbocycles. The number of fused-ring (bicyclic) bond motifs is 1. The largest absolute Gasteiger partial charge is 0.494 e. The number of aryl methyl sites for hydroxylation is 1. The molecule has 0 saturated carbocycles. The SMILES string of the molecule is C=C(OCC)c1ccc2c(c1)c(C)c(C)n2Cc1ccc(-c2ccccc2C(=O)OC(C)(C)C)cc1. The van der Waals surface area contributed by atoms with Gasteiger partial charge in [0.15, 0.2) is 0 Å². The first-order valence-electron chi connectivity index (χ1n) is 12.4. The van der Waals surface area contributed by atoms with Gasteiger partial charge in [0.05, 0.1) is 12.2 Å². The normalized spacial score (nSPS) is 11.5. The zero-order chi connectivity index (χ0) is 26.0. The minimum absolute atomic E-state index is 0.307. The summed E-state index contributed by atoms with van der Waals surface area (Å²) in [5.41, 5.74) is 7.80. The Balaban J connectivity index is 1.62. The molecule has 186 valence electrons. The third-order valence-electron chi connectivity index (χ3n) is 6.43. The van der Waals surface area contributed by atoms with E-state index in [1.165, 1.54) is 27.7 Å². The van der Waals surface area contributed by atoms with Crippen LogP contribution < -0.4 is 0 Å². The van der Waals surface area contributed by atoms with Crippen LogP contribution in [0.3, 0.4) is 0 Å². The van der Waals surface area contributed by atoms with E-state index in [1.807, 2.05) is 52.0 Å². The minimum Gasteiger partial charge on any atom is -0.494 e. The molecule has 4 nitrogen and oxygen atoms in total. The number of carbonyl (C=O) groups is 1. The lowest BCUT2D eigenvalue weighted by atomic mass is 9.98. The summed E-state index contributed by atoms with van der Waals surface area (Å²) in [5.74, 6) is 0.393. The molecule has 0 bridgehead atoms. The second-order valence-corrected chi connectivity index (χ2v) is 10.1. The molecule has 0 spiro atoms. The van der Waals surface area contributed by atoms with Gasteiger partial charge in [0.2, 0.25) is 0 Å². The molecule has 1 heterocycles. The molecule has 0 atom stereocenters. The maximum Gasteiger partial charge on any atom is 0.339 e. The van der Waals surface area contributed by atoms with E-state index in [4.69, 9.17) is 9.47 Å². The number of hydrogen-bond donors (Lipinski definition) is 0. The Morgan fingerprint density at radius 2 is 1.67 bits per heavy atom. The summed E-state index contributed by atoms with van der Waals surface area (Å²) in [6, 6.07) is 22.4. The first kappa shape index (κ1) is 25.3. The second-order valence-electron chi connectivity index (χ2n) is 10.1. The number of ether oxygens (including phenoxy) is 2. The summed E-state index contributed by atoms with van der Waals surface area (Å²) in [6.07, 6.45) is 0. The Morgan fingerprint density at radius 3 is 2.33 bits per heavy atom. The summed E-state index contributed by atoms with van der Waals surface area (Å²) in [4.78, 5) is 12.8. The molecule has 0 unspecified atom stereocenters. The monoisotopic (exact) mass is 481 g/mol. The molecular formula is C32H35NO3. The van der Waals surface area contributed by atoms with Crippen molar-refractivity contribution in [1.29, 1.82) is 0 Å². The maximum absolute atomic E-state index is 12.8. The van der Waals surface area contributed by atoms with E-state index in [2.05, 4.69) is 67.5 Å². The van der Waals surface area contributed by atoms with Crippen LogP contribution in [-0.4, -0.2) is 22.7 Å². The van der Waals surface area contributed by atoms with E-state index in [0.29, 0.717) is 17.9 Å². The summed E-state index contributed by atoms with van der Waals surface area (Å²) in [6.45, 7) is 17.4. The zero-order valence-electron chi connectivity index (χ0n) is 22.1. The van der Waals surface area contributed by atoms with Gasteiger partial charge in [0, 0.05) is 28.7 Å². The van der Waals surface area contributed by atoms with Gasteiger partial charge in [-0.25, -0.2) is 4.79 Å². The van der Waals surface area contributed by atoms with E-state index in [0.717, 1.165) is 23.2 Å². The Bertz CT molecular complexity index is 1420. The molecule has 0 radical (unpaired) electrons. The summed E-state index contributed by atoms with van der Waals surface area (Å²) in [7, 11) is 0. The Kier molecular flexibility index (Phi) is 7.07. The van der Waals surface area contributed by atoms with Crippen molar-refractivity contribution in [3.05, 3.63) is 101 Å². The van der Waals surface area contributed by atoms with Crippen molar-refractivity contribution in [2.24, 2.45) is 0 Å². The van der Waals surface area contributed by atoms with Crippen molar-refractivity contribution in [1.82, 2.24) is 4.57 Å². The smallest absolute Gasteiger partial charge is 0.339 e. The molecular weight excluding hydrogens is 446 g/mol. The van der Waals surface area contributed by atoms with Crippen LogP contribution in [0.1, 0.15) is 60.4 Å². The van der Waals surface area contributed by atoms with Crippen LogP contribution in [0, 0.1) is 13.8 Å². The predicted octanol–water partition coefficient (Wildman–Crippen LogP) is 7.94. The molecule has 36 heavy (non-hydrogen) atoms. The van der Waals surface area contributed by atoms with Crippen LogP contribution in [0.4, 0.5) is 0 Å². The third kappa shape index (κ3) is 5.23. The number of esters is 1. The molecule has 0 fully saturated rings. The number of hydrogen-bond acceptors (Lipinski definition) is 3. The Hall–Kier alpha value is -3.79. The minimum atomic E-state index is -0.541. The van der Waals surface area contributed by atoms with Gasteiger partial charge in [-0.2, -0.15) is 0 Å². The van der Waals surface area contributed by atoms with Crippen molar-refractivity contribution in [3.8, 4) is 11.1 Å². The van der Waals surface area contributed by atoms with Crippen molar-refractivity contribution >= 4 is 22.6 Å². The number of nitrogens with zero attached hydrogens (tertiary/aromatic N) is 1. The van der Waals surface area contributed by atoms with Gasteiger partial charge in [-0.15, -0.1) is 0 Å². The highest BCUT2D eigenvalue weighted by Gasteiger charge is 2.20. The van der Waals surface area contributed by atoms with E-state index in [-0.39, 0.29) is 5.97 Å². The average Bonchev–Trinajstić information content (AvgIpc) is 3.08. The van der Waals surface area contributed by atoms with Crippen molar-refractivity contribution in [2.45, 2.75) is 53.7 Å². The molecule has 4 heteroatoms. The molecule has 4 aromatic rings. The highest BCUT2D eigenvalue weighted by Crippen LogP contribution is 2.30. The lowest BCUT2D eigenvalue weighted by molar-refractivity contribution is 0.00704. The van der Waals surface area contributed by atoms with Crippen molar-refractivity contribution < 1.29 is 14.3 Å². The average molecular weight is 482 g/mol. The predicted molar refractivity (Wildman–Crippen MR) is 148 cm³/mol. The lowest BCUT2D eigenvalue weighted by Gasteiger charge is -2.20. The second kappa shape index (κ2) is 10.1. The number of rotatable bonds is 7.